The van der Waals surface area contributed by atoms with Crippen molar-refractivity contribution in [3.8, 4) is 0 Å². The van der Waals surface area contributed by atoms with Crippen molar-refractivity contribution in [3.05, 3.63) is 36.4 Å². The minimum atomic E-state index is -2.52. The molecule has 2 rings (SSSR count). The number of benzene rings is 1. The van der Waals surface area contributed by atoms with Crippen LogP contribution in [0.1, 0.15) is 25.3 Å². The highest BCUT2D eigenvalue weighted by Gasteiger charge is 2.61. The second kappa shape index (κ2) is 8.09. The van der Waals surface area contributed by atoms with E-state index >= 15 is 0 Å². The molecule has 0 aliphatic carbocycles. The van der Waals surface area contributed by atoms with Gasteiger partial charge in [0.15, 0.2) is 16.6 Å². The van der Waals surface area contributed by atoms with Crippen LogP contribution in [-0.4, -0.2) is 38.1 Å². The highest BCUT2D eigenvalue weighted by molar-refractivity contribution is 7.43. The summed E-state index contributed by atoms with van der Waals surface area (Å²) >= 11 is 0. The molecule has 1 aromatic carbocycles. The molecule has 3 nitrogen and oxygen atoms in total. The Bertz CT molecular complexity index is 708. The molecule has 0 spiro atoms. The normalized spacial score (nSPS) is 26.9. The summed E-state index contributed by atoms with van der Waals surface area (Å²) in [5, 5.41) is 1.41. The molecule has 2 atom stereocenters. The van der Waals surface area contributed by atoms with Crippen molar-refractivity contribution in [2.24, 2.45) is 0 Å². The lowest BCUT2D eigenvalue weighted by molar-refractivity contribution is -0.134. The lowest BCUT2D eigenvalue weighted by Gasteiger charge is -2.54. The maximum absolute atomic E-state index is 7.12. The highest BCUT2D eigenvalue weighted by Crippen LogP contribution is 2.42. The van der Waals surface area contributed by atoms with Crippen LogP contribution in [-0.2, 0) is 13.0 Å². The molecule has 0 aromatic heterocycles. The Balaban J connectivity index is 2.59. The average Bonchev–Trinajstić information content (AvgIpc) is 2.50. The summed E-state index contributed by atoms with van der Waals surface area (Å²) in [6, 6.07) is 9.76. The van der Waals surface area contributed by atoms with Gasteiger partial charge in [0.05, 0.1) is 0 Å². The summed E-state index contributed by atoms with van der Waals surface area (Å²) in [6.07, 6.45) is 4.06. The van der Waals surface area contributed by atoms with Gasteiger partial charge >= 0.3 is 8.08 Å². The SMILES string of the molecule is C=Cc1ccccc1[Si](C)(C)[Si]1(O[Si](C)(C)C)CCCC(C)(O[Si](C)(C)C)O1. The van der Waals surface area contributed by atoms with Gasteiger partial charge in [0.1, 0.15) is 13.4 Å². The Morgan fingerprint density at radius 2 is 1.64 bits per heavy atom. The number of rotatable bonds is 7. The first-order chi connectivity index (χ1) is 12.6. The monoisotopic (exact) mass is 452 g/mol. The van der Waals surface area contributed by atoms with E-state index in [1.165, 1.54) is 10.8 Å². The molecular weight excluding hydrogens is 413 g/mol. The second-order valence-corrected chi connectivity index (χ2v) is 32.2. The second-order valence-electron chi connectivity index (χ2n) is 10.7. The lowest BCUT2D eigenvalue weighted by Crippen LogP contribution is -2.75. The molecular formula is C21H40O3Si4. The van der Waals surface area contributed by atoms with E-state index in [0.717, 1.165) is 18.9 Å². The van der Waals surface area contributed by atoms with E-state index in [0.29, 0.717) is 0 Å². The van der Waals surface area contributed by atoms with Crippen molar-refractivity contribution >= 4 is 43.6 Å². The first-order valence-electron chi connectivity index (χ1n) is 10.5. The van der Waals surface area contributed by atoms with Gasteiger partial charge in [0.2, 0.25) is 0 Å². The van der Waals surface area contributed by atoms with Crippen LogP contribution in [0.2, 0.25) is 58.4 Å². The smallest absolute Gasteiger partial charge is 0.313 e. The van der Waals surface area contributed by atoms with Crippen LogP contribution in [0.25, 0.3) is 6.08 Å². The van der Waals surface area contributed by atoms with E-state index < -0.39 is 38.1 Å². The van der Waals surface area contributed by atoms with Crippen LogP contribution < -0.4 is 5.19 Å². The van der Waals surface area contributed by atoms with Crippen molar-refractivity contribution in [2.45, 2.75) is 84.0 Å². The van der Waals surface area contributed by atoms with E-state index in [2.05, 4.69) is 90.1 Å². The third kappa shape index (κ3) is 5.44. The lowest BCUT2D eigenvalue weighted by atomic mass is 10.2. The fourth-order valence-corrected chi connectivity index (χ4v) is 26.6. The minimum absolute atomic E-state index is 0.526. The maximum Gasteiger partial charge on any atom is 0.313 e. The van der Waals surface area contributed by atoms with E-state index in [4.69, 9.17) is 13.0 Å². The zero-order valence-electron chi connectivity index (χ0n) is 19.4. The molecule has 158 valence electrons. The van der Waals surface area contributed by atoms with Crippen LogP contribution in [0.3, 0.4) is 0 Å². The van der Waals surface area contributed by atoms with E-state index in [1.807, 2.05) is 6.08 Å². The molecule has 0 bridgehead atoms. The summed E-state index contributed by atoms with van der Waals surface area (Å²) < 4.78 is 20.8. The molecule has 1 heterocycles. The van der Waals surface area contributed by atoms with Crippen LogP contribution >= 0.6 is 0 Å². The third-order valence-electron chi connectivity index (χ3n) is 5.32. The standard InChI is InChI=1S/C21H40O3Si4/c1-11-19-15-12-13-16-20(19)27(9,10)28(24-26(6,7)8)18-14-17-21(2,23-28)22-25(3,4)5/h11-13,15-16H,1,14,17-18H2,2-10H3. The van der Waals surface area contributed by atoms with Gasteiger partial charge in [-0.25, -0.2) is 0 Å². The first-order valence-corrected chi connectivity index (χ1v) is 23.3. The number of hydrogen-bond donors (Lipinski definition) is 0. The Hall–Kier alpha value is -0.292. The Kier molecular flexibility index (Phi) is 6.93. The first kappa shape index (κ1) is 24.0. The zero-order chi connectivity index (χ0) is 21.4. The molecule has 1 aliphatic heterocycles. The molecule has 0 N–H and O–H groups in total. The summed E-state index contributed by atoms with van der Waals surface area (Å²) in [6.45, 7) is 24.7. The van der Waals surface area contributed by atoms with Crippen LogP contribution in [0.5, 0.6) is 0 Å². The summed E-state index contributed by atoms with van der Waals surface area (Å²) in [5.74, 6) is -0.526. The molecule has 1 saturated heterocycles. The van der Waals surface area contributed by atoms with E-state index in [1.54, 1.807) is 0 Å². The quantitative estimate of drug-likeness (QED) is 0.475. The number of hydrogen-bond acceptors (Lipinski definition) is 3. The minimum Gasteiger partial charge on any atom is -0.438 e. The van der Waals surface area contributed by atoms with E-state index in [9.17, 15) is 0 Å². The zero-order valence-corrected chi connectivity index (χ0v) is 23.4. The van der Waals surface area contributed by atoms with E-state index in [-0.39, 0.29) is 0 Å². The van der Waals surface area contributed by atoms with Crippen molar-refractivity contribution in [1.29, 1.82) is 0 Å². The third-order valence-corrected chi connectivity index (χ3v) is 24.1. The molecule has 1 fully saturated rings. The Morgan fingerprint density at radius 3 is 2.18 bits per heavy atom. The van der Waals surface area contributed by atoms with Gasteiger partial charge < -0.3 is 13.0 Å². The summed E-state index contributed by atoms with van der Waals surface area (Å²) in [5.41, 5.74) is 1.23. The fraction of sp³-hybridized carbons (Fsp3) is 0.619. The van der Waals surface area contributed by atoms with Gasteiger partial charge in [-0.05, 0) is 75.8 Å². The molecule has 1 aromatic rings. The fourth-order valence-electron chi connectivity index (χ4n) is 4.40. The van der Waals surface area contributed by atoms with Crippen molar-refractivity contribution in [3.63, 3.8) is 0 Å². The molecule has 28 heavy (non-hydrogen) atoms. The molecule has 1 aliphatic rings. The van der Waals surface area contributed by atoms with Crippen LogP contribution in [0.4, 0.5) is 0 Å². The summed E-state index contributed by atoms with van der Waals surface area (Å²) in [7, 11) is -8.14. The Morgan fingerprint density at radius 1 is 1.04 bits per heavy atom. The molecule has 0 saturated carbocycles. The van der Waals surface area contributed by atoms with Crippen LogP contribution in [0, 0.1) is 0 Å². The van der Waals surface area contributed by atoms with Gasteiger partial charge in [-0.15, -0.1) is 0 Å². The largest absolute Gasteiger partial charge is 0.438 e. The summed E-state index contributed by atoms with van der Waals surface area (Å²) in [4.78, 5) is 0. The van der Waals surface area contributed by atoms with Gasteiger partial charge in [-0.3, -0.25) is 0 Å². The van der Waals surface area contributed by atoms with Crippen LogP contribution in [0.15, 0.2) is 30.8 Å². The molecule has 0 radical (unpaired) electrons. The van der Waals surface area contributed by atoms with Gasteiger partial charge in [-0.2, -0.15) is 0 Å². The molecule has 0 amide bonds. The predicted octanol–water partition coefficient (Wildman–Crippen LogP) is 6.00. The highest BCUT2D eigenvalue weighted by atomic mass is 29.3. The predicted molar refractivity (Wildman–Crippen MR) is 132 cm³/mol. The Labute approximate surface area is 176 Å². The maximum atomic E-state index is 7.12. The van der Waals surface area contributed by atoms with Gasteiger partial charge in [-0.1, -0.05) is 50.0 Å². The van der Waals surface area contributed by atoms with Crippen molar-refractivity contribution in [2.75, 3.05) is 0 Å². The average molecular weight is 453 g/mol. The van der Waals surface area contributed by atoms with Crippen molar-refractivity contribution < 1.29 is 13.0 Å². The topological polar surface area (TPSA) is 27.7 Å². The van der Waals surface area contributed by atoms with Crippen molar-refractivity contribution in [1.82, 2.24) is 0 Å². The van der Waals surface area contributed by atoms with Gasteiger partial charge in [0, 0.05) is 0 Å². The van der Waals surface area contributed by atoms with Gasteiger partial charge in [0.25, 0.3) is 0 Å². The molecule has 7 heteroatoms. The molecule has 2 unspecified atom stereocenters.